The molecule has 18 heavy (non-hydrogen) atoms. The lowest BCUT2D eigenvalue weighted by Crippen LogP contribution is -2.31. The highest BCUT2D eigenvalue weighted by molar-refractivity contribution is 5.96. The molecule has 2 rings (SSSR count). The maximum Gasteiger partial charge on any atom is 0.417 e. The van der Waals surface area contributed by atoms with Gasteiger partial charge in [-0.15, -0.1) is 0 Å². The predicted molar refractivity (Wildman–Crippen MR) is 67.4 cm³/mol. The largest absolute Gasteiger partial charge is 0.417 e. The van der Waals surface area contributed by atoms with Crippen molar-refractivity contribution in [3.8, 4) is 0 Å². The fourth-order valence-electron chi connectivity index (χ4n) is 1.54. The van der Waals surface area contributed by atoms with Crippen LogP contribution in [0.2, 0.25) is 0 Å². The standard InChI is InChI=1S/C12H15N3O3/c1-7(5-13)6-14-11(16)8-2-3-9-10(4-8)18-12(17)15-9/h2-4,7H,5-6,13H2,1H3,(H,14,16)(H,15,17). The fourth-order valence-corrected chi connectivity index (χ4v) is 1.54. The smallest absolute Gasteiger partial charge is 0.408 e. The van der Waals surface area contributed by atoms with E-state index in [2.05, 4.69) is 10.3 Å². The first-order chi connectivity index (χ1) is 8.60. The van der Waals surface area contributed by atoms with Crippen LogP contribution in [0.5, 0.6) is 0 Å². The van der Waals surface area contributed by atoms with Crippen molar-refractivity contribution in [2.24, 2.45) is 11.7 Å². The number of hydrogen-bond donors (Lipinski definition) is 3. The average Bonchev–Trinajstić information content (AvgIpc) is 2.74. The number of nitrogens with one attached hydrogen (secondary N) is 2. The molecule has 0 saturated heterocycles. The van der Waals surface area contributed by atoms with Crippen molar-refractivity contribution in [1.82, 2.24) is 10.3 Å². The Kier molecular flexibility index (Phi) is 3.47. The number of aromatic nitrogens is 1. The summed E-state index contributed by atoms with van der Waals surface area (Å²) in [6.07, 6.45) is 0. The summed E-state index contributed by atoms with van der Waals surface area (Å²) in [6.45, 7) is 2.99. The number of oxazole rings is 1. The Hall–Kier alpha value is -2.08. The van der Waals surface area contributed by atoms with Gasteiger partial charge in [0.15, 0.2) is 5.58 Å². The summed E-state index contributed by atoms with van der Waals surface area (Å²) in [4.78, 5) is 25.3. The molecule has 1 aromatic carbocycles. The van der Waals surface area contributed by atoms with Gasteiger partial charge in [-0.3, -0.25) is 9.78 Å². The number of aromatic amines is 1. The van der Waals surface area contributed by atoms with Gasteiger partial charge in [-0.05, 0) is 30.7 Å². The van der Waals surface area contributed by atoms with Crippen LogP contribution >= 0.6 is 0 Å². The number of H-pyrrole nitrogens is 1. The molecule has 0 aliphatic rings. The van der Waals surface area contributed by atoms with E-state index in [-0.39, 0.29) is 11.8 Å². The number of hydrogen-bond acceptors (Lipinski definition) is 4. The lowest BCUT2D eigenvalue weighted by molar-refractivity contribution is 0.0948. The van der Waals surface area contributed by atoms with Gasteiger partial charge >= 0.3 is 5.76 Å². The van der Waals surface area contributed by atoms with Crippen molar-refractivity contribution in [2.45, 2.75) is 6.92 Å². The molecule has 96 valence electrons. The quantitative estimate of drug-likeness (QED) is 0.732. The van der Waals surface area contributed by atoms with Crippen LogP contribution in [-0.2, 0) is 0 Å². The van der Waals surface area contributed by atoms with Crippen molar-refractivity contribution in [1.29, 1.82) is 0 Å². The summed E-state index contributed by atoms with van der Waals surface area (Å²) in [5, 5.41) is 2.77. The second kappa shape index (κ2) is 5.05. The molecule has 6 heteroatoms. The first-order valence-electron chi connectivity index (χ1n) is 5.71. The third kappa shape index (κ3) is 2.60. The van der Waals surface area contributed by atoms with Gasteiger partial charge < -0.3 is 15.5 Å². The number of rotatable bonds is 4. The van der Waals surface area contributed by atoms with Gasteiger partial charge in [0.25, 0.3) is 5.91 Å². The monoisotopic (exact) mass is 249 g/mol. The third-order valence-corrected chi connectivity index (χ3v) is 2.70. The zero-order chi connectivity index (χ0) is 13.1. The van der Waals surface area contributed by atoms with E-state index >= 15 is 0 Å². The second-order valence-electron chi connectivity index (χ2n) is 4.28. The van der Waals surface area contributed by atoms with Gasteiger partial charge in [-0.1, -0.05) is 6.92 Å². The van der Waals surface area contributed by atoms with Crippen molar-refractivity contribution in [2.75, 3.05) is 13.1 Å². The molecule has 1 amide bonds. The predicted octanol–water partition coefficient (Wildman–Crippen LogP) is 0.446. The molecule has 4 N–H and O–H groups in total. The molecule has 0 fully saturated rings. The number of fused-ring (bicyclic) bond motifs is 1. The highest BCUT2D eigenvalue weighted by Crippen LogP contribution is 2.12. The van der Waals surface area contributed by atoms with Crippen LogP contribution in [0.3, 0.4) is 0 Å². The Morgan fingerprint density at radius 2 is 2.33 bits per heavy atom. The zero-order valence-electron chi connectivity index (χ0n) is 10.0. The topological polar surface area (TPSA) is 101 Å². The number of benzene rings is 1. The van der Waals surface area contributed by atoms with E-state index in [1.54, 1.807) is 12.1 Å². The summed E-state index contributed by atoms with van der Waals surface area (Å²) in [6, 6.07) is 4.81. The Bertz CT molecular complexity index is 614. The molecular weight excluding hydrogens is 234 g/mol. The van der Waals surface area contributed by atoms with E-state index in [1.165, 1.54) is 6.07 Å². The summed E-state index contributed by atoms with van der Waals surface area (Å²) in [5.41, 5.74) is 6.87. The van der Waals surface area contributed by atoms with E-state index in [0.717, 1.165) is 0 Å². The molecule has 0 bridgehead atoms. The van der Waals surface area contributed by atoms with Crippen LogP contribution in [0.25, 0.3) is 11.1 Å². The Morgan fingerprint density at radius 3 is 3.06 bits per heavy atom. The van der Waals surface area contributed by atoms with Crippen LogP contribution in [-0.4, -0.2) is 24.0 Å². The molecular formula is C12H15N3O3. The molecule has 1 atom stereocenters. The van der Waals surface area contributed by atoms with Crippen LogP contribution < -0.4 is 16.8 Å². The van der Waals surface area contributed by atoms with Crippen molar-refractivity contribution < 1.29 is 9.21 Å². The van der Waals surface area contributed by atoms with Crippen molar-refractivity contribution in [3.05, 3.63) is 34.3 Å². The van der Waals surface area contributed by atoms with Crippen LogP contribution in [0.15, 0.2) is 27.4 Å². The molecule has 1 aromatic heterocycles. The van der Waals surface area contributed by atoms with Gasteiger partial charge in [0.1, 0.15) is 0 Å². The minimum Gasteiger partial charge on any atom is -0.408 e. The SMILES string of the molecule is CC(CN)CNC(=O)c1ccc2[nH]c(=O)oc2c1. The molecule has 1 heterocycles. The molecule has 6 nitrogen and oxygen atoms in total. The van der Waals surface area contributed by atoms with Gasteiger partial charge in [0.2, 0.25) is 0 Å². The highest BCUT2D eigenvalue weighted by Gasteiger charge is 2.09. The summed E-state index contributed by atoms with van der Waals surface area (Å²) < 4.78 is 4.89. The highest BCUT2D eigenvalue weighted by atomic mass is 16.4. The van der Waals surface area contributed by atoms with E-state index in [1.807, 2.05) is 6.92 Å². The Balaban J connectivity index is 2.15. The Morgan fingerprint density at radius 1 is 1.56 bits per heavy atom. The van der Waals surface area contributed by atoms with Crippen molar-refractivity contribution >= 4 is 17.0 Å². The number of carbonyl (C=O) groups excluding carboxylic acids is 1. The van der Waals surface area contributed by atoms with Crippen molar-refractivity contribution in [3.63, 3.8) is 0 Å². The van der Waals surface area contributed by atoms with E-state index in [0.29, 0.717) is 29.8 Å². The minimum absolute atomic E-state index is 0.207. The number of nitrogens with two attached hydrogens (primary N) is 1. The normalized spacial score (nSPS) is 12.6. The third-order valence-electron chi connectivity index (χ3n) is 2.70. The van der Waals surface area contributed by atoms with Gasteiger partial charge in [0.05, 0.1) is 5.52 Å². The molecule has 1 unspecified atom stereocenters. The maximum absolute atomic E-state index is 11.8. The molecule has 0 radical (unpaired) electrons. The maximum atomic E-state index is 11.8. The van der Waals surface area contributed by atoms with Gasteiger partial charge in [-0.2, -0.15) is 0 Å². The van der Waals surface area contributed by atoms with E-state index in [9.17, 15) is 9.59 Å². The molecule has 0 aliphatic heterocycles. The lowest BCUT2D eigenvalue weighted by Gasteiger charge is -2.09. The molecule has 0 spiro atoms. The zero-order valence-corrected chi connectivity index (χ0v) is 10.0. The van der Waals surface area contributed by atoms with Crippen LogP contribution in [0.4, 0.5) is 0 Å². The van der Waals surface area contributed by atoms with E-state index < -0.39 is 5.76 Å². The Labute approximate surface area is 103 Å². The second-order valence-corrected chi connectivity index (χ2v) is 4.28. The summed E-state index contributed by atoms with van der Waals surface area (Å²) in [7, 11) is 0. The minimum atomic E-state index is -0.528. The number of amides is 1. The van der Waals surface area contributed by atoms with Crippen LogP contribution in [0, 0.1) is 5.92 Å². The number of carbonyl (C=O) groups is 1. The lowest BCUT2D eigenvalue weighted by atomic mass is 10.1. The first-order valence-corrected chi connectivity index (χ1v) is 5.71. The van der Waals surface area contributed by atoms with Crippen LogP contribution in [0.1, 0.15) is 17.3 Å². The summed E-state index contributed by atoms with van der Waals surface area (Å²) in [5.74, 6) is -0.511. The first kappa shape index (κ1) is 12.4. The van der Waals surface area contributed by atoms with Gasteiger partial charge in [0, 0.05) is 12.1 Å². The average molecular weight is 249 g/mol. The van der Waals surface area contributed by atoms with E-state index in [4.69, 9.17) is 10.2 Å². The molecule has 0 saturated carbocycles. The summed E-state index contributed by atoms with van der Waals surface area (Å²) >= 11 is 0. The molecule has 2 aromatic rings. The fraction of sp³-hybridized carbons (Fsp3) is 0.333. The molecule has 0 aliphatic carbocycles. The van der Waals surface area contributed by atoms with Gasteiger partial charge in [-0.25, -0.2) is 4.79 Å².